The van der Waals surface area contributed by atoms with E-state index < -0.39 is 0 Å². The van der Waals surface area contributed by atoms with Gasteiger partial charge in [-0.2, -0.15) is 5.26 Å². The zero-order chi connectivity index (χ0) is 11.9. The van der Waals surface area contributed by atoms with Crippen molar-refractivity contribution in [2.45, 2.75) is 58.1 Å². The van der Waals surface area contributed by atoms with Gasteiger partial charge in [0.1, 0.15) is 5.54 Å². The molecule has 0 aromatic carbocycles. The lowest BCUT2D eigenvalue weighted by molar-refractivity contribution is -0.00618. The Morgan fingerprint density at radius 3 is 2.27 bits per heavy atom. The average Bonchev–Trinajstić information content (AvgIpc) is 2.18. The van der Waals surface area contributed by atoms with Crippen LogP contribution in [0.25, 0.3) is 0 Å². The maximum absolute atomic E-state index is 9.08. The van der Waals surface area contributed by atoms with Crippen molar-refractivity contribution in [2.75, 3.05) is 13.7 Å². The van der Waals surface area contributed by atoms with Crippen LogP contribution in [0.4, 0.5) is 0 Å². The first-order chi connectivity index (χ1) is 6.89. The molecule has 15 heavy (non-hydrogen) atoms. The molecule has 0 fully saturated rings. The van der Waals surface area contributed by atoms with Gasteiger partial charge in [-0.05, 0) is 47.1 Å². The van der Waals surface area contributed by atoms with Crippen LogP contribution in [0.5, 0.6) is 0 Å². The lowest BCUT2D eigenvalue weighted by atomic mass is 9.92. The van der Waals surface area contributed by atoms with Crippen LogP contribution in [0.15, 0.2) is 0 Å². The third kappa shape index (κ3) is 5.76. The molecule has 88 valence electrons. The molecule has 3 heteroatoms. The first kappa shape index (κ1) is 14.4. The van der Waals surface area contributed by atoms with Gasteiger partial charge in [0.15, 0.2) is 0 Å². The molecule has 3 nitrogen and oxygen atoms in total. The predicted octanol–water partition coefficient (Wildman–Crippen LogP) is 2.47. The largest absolute Gasteiger partial charge is 0.376 e. The van der Waals surface area contributed by atoms with Crippen LogP contribution in [0.1, 0.15) is 47.0 Å². The molecule has 0 aromatic rings. The molecule has 0 aliphatic rings. The van der Waals surface area contributed by atoms with E-state index >= 15 is 0 Å². The van der Waals surface area contributed by atoms with E-state index in [2.05, 4.69) is 11.4 Å². The second-order valence-corrected chi connectivity index (χ2v) is 4.86. The summed E-state index contributed by atoms with van der Waals surface area (Å²) in [4.78, 5) is 0. The summed E-state index contributed by atoms with van der Waals surface area (Å²) >= 11 is 0. The Labute approximate surface area is 93.8 Å². The Kier molecular flexibility index (Phi) is 5.85. The molecular formula is C12H24N2O. The molecule has 1 N–H and O–H groups in total. The molecule has 1 atom stereocenters. The summed E-state index contributed by atoms with van der Waals surface area (Å²) < 4.78 is 5.62. The monoisotopic (exact) mass is 212 g/mol. The molecule has 0 amide bonds. The van der Waals surface area contributed by atoms with Crippen molar-refractivity contribution >= 4 is 0 Å². The first-order valence-corrected chi connectivity index (χ1v) is 5.63. The van der Waals surface area contributed by atoms with Gasteiger partial charge in [0, 0.05) is 6.61 Å². The minimum absolute atomic E-state index is 0.0822. The number of nitrogens with one attached hydrogen (secondary N) is 1. The molecule has 0 aliphatic carbocycles. The lowest BCUT2D eigenvalue weighted by Crippen LogP contribution is -2.41. The lowest BCUT2D eigenvalue weighted by Gasteiger charge is -2.25. The fraction of sp³-hybridized carbons (Fsp3) is 0.917. The van der Waals surface area contributed by atoms with Crippen molar-refractivity contribution in [1.29, 1.82) is 5.26 Å². The molecule has 0 saturated carbocycles. The Morgan fingerprint density at radius 1 is 1.33 bits per heavy atom. The zero-order valence-electron chi connectivity index (χ0n) is 10.7. The third-order valence-electron chi connectivity index (χ3n) is 2.58. The summed E-state index contributed by atoms with van der Waals surface area (Å²) in [5, 5.41) is 12.2. The molecule has 0 spiro atoms. The average molecular weight is 212 g/mol. The Hall–Kier alpha value is -0.590. The van der Waals surface area contributed by atoms with Crippen molar-refractivity contribution in [3.8, 4) is 6.07 Å². The minimum atomic E-state index is -0.374. The van der Waals surface area contributed by atoms with Gasteiger partial charge in [0.05, 0.1) is 11.7 Å². The minimum Gasteiger partial charge on any atom is -0.376 e. The number of nitriles is 1. The van der Waals surface area contributed by atoms with Gasteiger partial charge >= 0.3 is 0 Å². The summed E-state index contributed by atoms with van der Waals surface area (Å²) in [7, 11) is 1.84. The van der Waals surface area contributed by atoms with Crippen LogP contribution in [0, 0.1) is 11.3 Å². The third-order valence-corrected chi connectivity index (χ3v) is 2.58. The summed E-state index contributed by atoms with van der Waals surface area (Å²) in [5.41, 5.74) is -0.456. The van der Waals surface area contributed by atoms with E-state index in [-0.39, 0.29) is 11.1 Å². The summed E-state index contributed by atoms with van der Waals surface area (Å²) in [6, 6.07) is 2.35. The Morgan fingerprint density at radius 2 is 1.93 bits per heavy atom. The Bertz CT molecular complexity index is 209. The predicted molar refractivity (Wildman–Crippen MR) is 62.6 cm³/mol. The van der Waals surface area contributed by atoms with E-state index in [4.69, 9.17) is 10.00 Å². The highest BCUT2D eigenvalue weighted by molar-refractivity contribution is 5.05. The standard InChI is InChI=1S/C12H24N2O/c1-6-12(10-13,14-5)8-7-9-15-11(2,3)4/h14H,6-9H2,1-5H3. The quantitative estimate of drug-likeness (QED) is 0.688. The normalized spacial score (nSPS) is 15.7. The van der Waals surface area contributed by atoms with E-state index in [1.807, 2.05) is 34.7 Å². The van der Waals surface area contributed by atoms with Crippen LogP contribution >= 0.6 is 0 Å². The van der Waals surface area contributed by atoms with Crippen molar-refractivity contribution < 1.29 is 4.74 Å². The Balaban J connectivity index is 3.89. The number of hydrogen-bond donors (Lipinski definition) is 1. The van der Waals surface area contributed by atoms with Gasteiger partial charge in [-0.15, -0.1) is 0 Å². The molecule has 1 unspecified atom stereocenters. The molecule has 0 bridgehead atoms. The van der Waals surface area contributed by atoms with Gasteiger partial charge in [0.2, 0.25) is 0 Å². The molecular weight excluding hydrogens is 188 g/mol. The van der Waals surface area contributed by atoms with Gasteiger partial charge in [0.25, 0.3) is 0 Å². The molecule has 0 saturated heterocycles. The highest BCUT2D eigenvalue weighted by atomic mass is 16.5. The van der Waals surface area contributed by atoms with E-state index in [0.29, 0.717) is 6.61 Å². The van der Waals surface area contributed by atoms with Crippen molar-refractivity contribution in [1.82, 2.24) is 5.32 Å². The fourth-order valence-electron chi connectivity index (χ4n) is 1.42. The molecule has 0 heterocycles. The second kappa shape index (κ2) is 6.09. The van der Waals surface area contributed by atoms with Crippen molar-refractivity contribution in [3.05, 3.63) is 0 Å². The fourth-order valence-corrected chi connectivity index (χ4v) is 1.42. The van der Waals surface area contributed by atoms with Crippen molar-refractivity contribution in [3.63, 3.8) is 0 Å². The van der Waals surface area contributed by atoms with Gasteiger partial charge in [-0.25, -0.2) is 0 Å². The number of rotatable bonds is 6. The summed E-state index contributed by atoms with van der Waals surface area (Å²) in [6.07, 6.45) is 2.58. The number of ether oxygens (including phenoxy) is 1. The molecule has 0 radical (unpaired) electrons. The van der Waals surface area contributed by atoms with Crippen LogP contribution in [0.2, 0.25) is 0 Å². The zero-order valence-corrected chi connectivity index (χ0v) is 10.7. The van der Waals surface area contributed by atoms with E-state index in [9.17, 15) is 0 Å². The van der Waals surface area contributed by atoms with Gasteiger partial charge in [-0.1, -0.05) is 6.92 Å². The first-order valence-electron chi connectivity index (χ1n) is 5.63. The highest BCUT2D eigenvalue weighted by Crippen LogP contribution is 2.17. The molecule has 0 aliphatic heterocycles. The van der Waals surface area contributed by atoms with E-state index in [1.54, 1.807) is 0 Å². The van der Waals surface area contributed by atoms with E-state index in [1.165, 1.54) is 0 Å². The van der Waals surface area contributed by atoms with Crippen LogP contribution in [-0.4, -0.2) is 24.8 Å². The van der Waals surface area contributed by atoms with Crippen LogP contribution in [0.3, 0.4) is 0 Å². The SMILES string of the molecule is CCC(C#N)(CCCOC(C)(C)C)NC. The van der Waals surface area contributed by atoms with Crippen LogP contribution in [-0.2, 0) is 4.74 Å². The highest BCUT2D eigenvalue weighted by Gasteiger charge is 2.24. The van der Waals surface area contributed by atoms with E-state index in [0.717, 1.165) is 19.3 Å². The maximum atomic E-state index is 9.08. The summed E-state index contributed by atoms with van der Waals surface area (Å²) in [6.45, 7) is 8.88. The van der Waals surface area contributed by atoms with Gasteiger partial charge < -0.3 is 10.1 Å². The second-order valence-electron chi connectivity index (χ2n) is 4.86. The summed E-state index contributed by atoms with van der Waals surface area (Å²) in [5.74, 6) is 0. The van der Waals surface area contributed by atoms with Gasteiger partial charge in [-0.3, -0.25) is 0 Å². The smallest absolute Gasteiger partial charge is 0.106 e. The maximum Gasteiger partial charge on any atom is 0.106 e. The number of nitrogens with zero attached hydrogens (tertiary/aromatic N) is 1. The van der Waals surface area contributed by atoms with Crippen LogP contribution < -0.4 is 5.32 Å². The van der Waals surface area contributed by atoms with Crippen molar-refractivity contribution in [2.24, 2.45) is 0 Å². The molecule has 0 aromatic heterocycles. The number of hydrogen-bond acceptors (Lipinski definition) is 3. The topological polar surface area (TPSA) is 45.0 Å². The molecule has 0 rings (SSSR count).